The highest BCUT2D eigenvalue weighted by atomic mass is 16.3. The number of benzene rings is 1. The van der Waals surface area contributed by atoms with Gasteiger partial charge < -0.3 is 25.1 Å². The van der Waals surface area contributed by atoms with Crippen LogP contribution in [0.25, 0.3) is 0 Å². The van der Waals surface area contributed by atoms with E-state index in [0.717, 1.165) is 36.2 Å². The summed E-state index contributed by atoms with van der Waals surface area (Å²) in [6.07, 6.45) is 4.51. The quantitative estimate of drug-likeness (QED) is 0.647. The Kier molecular flexibility index (Phi) is 5.34. The van der Waals surface area contributed by atoms with Crippen molar-refractivity contribution in [2.24, 2.45) is 0 Å². The van der Waals surface area contributed by atoms with Crippen molar-refractivity contribution in [2.75, 3.05) is 23.3 Å². The number of hydrogen-bond acceptors (Lipinski definition) is 5. The van der Waals surface area contributed by atoms with Gasteiger partial charge in [0.15, 0.2) is 0 Å². The highest BCUT2D eigenvalue weighted by molar-refractivity contribution is 6.39. The summed E-state index contributed by atoms with van der Waals surface area (Å²) >= 11 is 0. The number of amides is 3. The van der Waals surface area contributed by atoms with Crippen molar-refractivity contribution in [1.82, 2.24) is 5.32 Å². The molecule has 158 valence electrons. The molecule has 8 heteroatoms. The number of carbonyl (C=O) groups excluding carboxylic acids is 3. The maximum Gasteiger partial charge on any atom is 0.313 e. The molecule has 2 aliphatic heterocycles. The fraction of sp³-hybridized carbons (Fsp3) is 0.409. The molecule has 8 nitrogen and oxygen atoms in total. The number of aryl methyl sites for hydroxylation is 2. The van der Waals surface area contributed by atoms with Gasteiger partial charge in [-0.05, 0) is 61.6 Å². The molecule has 30 heavy (non-hydrogen) atoms. The Balaban J connectivity index is 1.39. The molecule has 4 rings (SSSR count). The SMILES string of the molecule is CC(O)(CNC(=O)C(=O)Nc1cc2c3c(c1)CCC(=O)N3CCC2)Cc1ccco1. The lowest BCUT2D eigenvalue weighted by atomic mass is 9.91. The summed E-state index contributed by atoms with van der Waals surface area (Å²) in [5.41, 5.74) is 2.30. The van der Waals surface area contributed by atoms with E-state index in [1.165, 1.54) is 6.26 Å². The van der Waals surface area contributed by atoms with Crippen LogP contribution in [0.2, 0.25) is 0 Å². The molecule has 1 atom stereocenters. The van der Waals surface area contributed by atoms with E-state index in [1.807, 2.05) is 17.0 Å². The second-order valence-corrected chi connectivity index (χ2v) is 8.18. The Morgan fingerprint density at radius 2 is 1.97 bits per heavy atom. The summed E-state index contributed by atoms with van der Waals surface area (Å²) in [5.74, 6) is -0.885. The van der Waals surface area contributed by atoms with E-state index in [4.69, 9.17) is 4.42 Å². The van der Waals surface area contributed by atoms with Gasteiger partial charge >= 0.3 is 11.8 Å². The van der Waals surface area contributed by atoms with E-state index in [9.17, 15) is 19.5 Å². The molecule has 1 aromatic heterocycles. The van der Waals surface area contributed by atoms with Crippen LogP contribution in [0.5, 0.6) is 0 Å². The first-order valence-corrected chi connectivity index (χ1v) is 10.1. The summed E-state index contributed by atoms with van der Waals surface area (Å²) in [6.45, 7) is 2.20. The van der Waals surface area contributed by atoms with Crippen molar-refractivity contribution >= 4 is 29.1 Å². The average molecular weight is 411 g/mol. The Hall–Kier alpha value is -3.13. The van der Waals surface area contributed by atoms with Crippen LogP contribution < -0.4 is 15.5 Å². The molecule has 1 unspecified atom stereocenters. The van der Waals surface area contributed by atoms with Gasteiger partial charge in [-0.3, -0.25) is 14.4 Å². The van der Waals surface area contributed by atoms with E-state index < -0.39 is 17.4 Å². The zero-order valence-corrected chi connectivity index (χ0v) is 16.9. The molecule has 2 aliphatic rings. The molecule has 0 bridgehead atoms. The second kappa shape index (κ2) is 7.95. The normalized spacial score (nSPS) is 17.1. The van der Waals surface area contributed by atoms with Gasteiger partial charge in [-0.2, -0.15) is 0 Å². The zero-order chi connectivity index (χ0) is 21.3. The predicted octanol–water partition coefficient (Wildman–Crippen LogP) is 1.55. The van der Waals surface area contributed by atoms with E-state index in [2.05, 4.69) is 10.6 Å². The first-order chi connectivity index (χ1) is 14.3. The number of hydrogen-bond donors (Lipinski definition) is 3. The van der Waals surface area contributed by atoms with Gasteiger partial charge in [0, 0.05) is 31.6 Å². The van der Waals surface area contributed by atoms with E-state index in [0.29, 0.717) is 24.3 Å². The molecule has 0 saturated heterocycles. The van der Waals surface area contributed by atoms with Gasteiger partial charge in [0.25, 0.3) is 0 Å². The van der Waals surface area contributed by atoms with Gasteiger partial charge in [-0.1, -0.05) is 0 Å². The molecular formula is C22H25N3O5. The first kappa shape index (κ1) is 20.2. The van der Waals surface area contributed by atoms with Crippen molar-refractivity contribution in [1.29, 1.82) is 0 Å². The number of nitrogens with zero attached hydrogens (tertiary/aromatic N) is 1. The van der Waals surface area contributed by atoms with Crippen molar-refractivity contribution < 1.29 is 23.9 Å². The standard InChI is InChI=1S/C22H25N3O5/c1-22(29,12-17-5-3-9-30-17)13-23-20(27)21(28)24-16-10-14-4-2-8-25-18(26)7-6-15(11-16)19(14)25/h3,5,9-11,29H,2,4,6-8,12-13H2,1H3,(H,23,27)(H,24,28). The van der Waals surface area contributed by atoms with E-state index >= 15 is 0 Å². The largest absolute Gasteiger partial charge is 0.469 e. The number of aliphatic hydroxyl groups is 1. The Bertz CT molecular complexity index is 964. The predicted molar refractivity (Wildman–Crippen MR) is 110 cm³/mol. The summed E-state index contributed by atoms with van der Waals surface area (Å²) in [4.78, 5) is 38.6. The van der Waals surface area contributed by atoms with Gasteiger partial charge in [0.1, 0.15) is 5.76 Å². The molecule has 3 amide bonds. The molecule has 0 saturated carbocycles. The van der Waals surface area contributed by atoms with Gasteiger partial charge in [-0.25, -0.2) is 0 Å². The third kappa shape index (κ3) is 4.23. The van der Waals surface area contributed by atoms with Gasteiger partial charge in [0.05, 0.1) is 17.6 Å². The maximum atomic E-state index is 12.4. The molecule has 0 aliphatic carbocycles. The third-order valence-corrected chi connectivity index (χ3v) is 5.50. The molecule has 1 aromatic carbocycles. The average Bonchev–Trinajstić information content (AvgIpc) is 3.21. The monoisotopic (exact) mass is 411 g/mol. The summed E-state index contributed by atoms with van der Waals surface area (Å²) < 4.78 is 5.21. The zero-order valence-electron chi connectivity index (χ0n) is 16.9. The fourth-order valence-corrected chi connectivity index (χ4v) is 4.12. The molecule has 3 N–H and O–H groups in total. The van der Waals surface area contributed by atoms with Crippen LogP contribution in [0.4, 0.5) is 11.4 Å². The fourth-order valence-electron chi connectivity index (χ4n) is 4.12. The Morgan fingerprint density at radius 3 is 2.70 bits per heavy atom. The molecule has 0 spiro atoms. The van der Waals surface area contributed by atoms with Crippen LogP contribution in [-0.4, -0.2) is 41.5 Å². The molecule has 3 heterocycles. The summed E-state index contributed by atoms with van der Waals surface area (Å²) in [6, 6.07) is 7.13. The topological polar surface area (TPSA) is 112 Å². The molecule has 2 aromatic rings. The lowest BCUT2D eigenvalue weighted by molar-refractivity contribution is -0.136. The molecule has 0 radical (unpaired) electrons. The van der Waals surface area contributed by atoms with Crippen LogP contribution in [-0.2, 0) is 33.6 Å². The Labute approximate surface area is 174 Å². The number of rotatable bonds is 5. The number of furan rings is 1. The smallest absolute Gasteiger partial charge is 0.313 e. The number of carbonyl (C=O) groups is 3. The van der Waals surface area contributed by atoms with Gasteiger partial charge in [-0.15, -0.1) is 0 Å². The summed E-state index contributed by atoms with van der Waals surface area (Å²) in [7, 11) is 0. The van der Waals surface area contributed by atoms with Gasteiger partial charge in [0.2, 0.25) is 5.91 Å². The lowest BCUT2D eigenvalue weighted by Crippen LogP contribution is -2.45. The van der Waals surface area contributed by atoms with Crippen molar-refractivity contribution in [3.8, 4) is 0 Å². The first-order valence-electron chi connectivity index (χ1n) is 10.1. The maximum absolute atomic E-state index is 12.4. The summed E-state index contributed by atoms with van der Waals surface area (Å²) in [5, 5.41) is 15.5. The lowest BCUT2D eigenvalue weighted by Gasteiger charge is -2.35. The van der Waals surface area contributed by atoms with Crippen LogP contribution in [0.1, 0.15) is 36.7 Å². The van der Waals surface area contributed by atoms with Crippen molar-refractivity contribution in [3.63, 3.8) is 0 Å². The van der Waals surface area contributed by atoms with Crippen LogP contribution in [0, 0.1) is 0 Å². The second-order valence-electron chi connectivity index (χ2n) is 8.18. The highest BCUT2D eigenvalue weighted by Gasteiger charge is 2.30. The van der Waals surface area contributed by atoms with Crippen LogP contribution >= 0.6 is 0 Å². The van der Waals surface area contributed by atoms with Crippen LogP contribution in [0.15, 0.2) is 34.9 Å². The Morgan fingerprint density at radius 1 is 1.20 bits per heavy atom. The molecular weight excluding hydrogens is 386 g/mol. The van der Waals surface area contributed by atoms with Crippen LogP contribution in [0.3, 0.4) is 0 Å². The van der Waals surface area contributed by atoms with Crippen molar-refractivity contribution in [2.45, 2.75) is 44.6 Å². The van der Waals surface area contributed by atoms with E-state index in [-0.39, 0.29) is 18.9 Å². The third-order valence-electron chi connectivity index (χ3n) is 5.50. The van der Waals surface area contributed by atoms with E-state index in [1.54, 1.807) is 19.1 Å². The minimum absolute atomic E-state index is 0.0908. The number of nitrogens with one attached hydrogen (secondary N) is 2. The molecule has 0 fully saturated rings. The number of anilines is 2. The minimum Gasteiger partial charge on any atom is -0.469 e. The highest BCUT2D eigenvalue weighted by Crippen LogP contribution is 2.37. The van der Waals surface area contributed by atoms with Crippen molar-refractivity contribution in [3.05, 3.63) is 47.4 Å². The minimum atomic E-state index is -1.25.